The Bertz CT molecular complexity index is 277. The summed E-state index contributed by atoms with van der Waals surface area (Å²) in [5.74, 6) is 0.0978. The van der Waals surface area contributed by atoms with Crippen LogP contribution in [-0.4, -0.2) is 5.91 Å². The van der Waals surface area contributed by atoms with Crippen LogP contribution in [-0.2, 0) is 11.3 Å². The number of rotatable bonds is 3. The Kier molecular flexibility index (Phi) is 5.61. The van der Waals surface area contributed by atoms with E-state index in [1.54, 1.807) is 0 Å². The summed E-state index contributed by atoms with van der Waals surface area (Å²) < 4.78 is 0. The lowest BCUT2D eigenvalue weighted by Crippen LogP contribution is -2.21. The summed E-state index contributed by atoms with van der Waals surface area (Å²) in [6, 6.07) is 8.16. The van der Waals surface area contributed by atoms with E-state index < -0.39 is 0 Å². The quantitative estimate of drug-likeness (QED) is 0.785. The van der Waals surface area contributed by atoms with Gasteiger partial charge in [-0.1, -0.05) is 44.2 Å². The molecule has 0 atom stereocenters. The molecule has 0 aliphatic rings. The van der Waals surface area contributed by atoms with E-state index in [1.165, 1.54) is 5.56 Å². The van der Waals surface area contributed by atoms with Gasteiger partial charge in [-0.25, -0.2) is 0 Å². The predicted octanol–water partition coefficient (Wildman–Crippen LogP) is 2.66. The van der Waals surface area contributed by atoms with Crippen LogP contribution in [0.15, 0.2) is 24.3 Å². The van der Waals surface area contributed by atoms with Crippen molar-refractivity contribution >= 4 is 5.91 Å². The summed E-state index contributed by atoms with van der Waals surface area (Å²) in [5, 5.41) is 2.83. The molecule has 1 aromatic rings. The summed E-state index contributed by atoms with van der Waals surface area (Å²) >= 11 is 0. The fraction of sp³-hybridized carbons (Fsp3) is 0.417. The van der Waals surface area contributed by atoms with Gasteiger partial charge in [0, 0.05) is 13.0 Å². The highest BCUT2D eigenvalue weighted by molar-refractivity contribution is 5.75. The summed E-state index contributed by atoms with van der Waals surface area (Å²) in [7, 11) is 0. The van der Waals surface area contributed by atoms with Gasteiger partial charge in [-0.15, -0.1) is 0 Å². The number of hydrogen-bond donors (Lipinski definition) is 1. The van der Waals surface area contributed by atoms with Crippen LogP contribution in [0.4, 0.5) is 0 Å². The van der Waals surface area contributed by atoms with Crippen molar-refractivity contribution in [3.63, 3.8) is 0 Å². The van der Waals surface area contributed by atoms with Crippen LogP contribution in [0.5, 0.6) is 0 Å². The first-order valence-corrected chi connectivity index (χ1v) is 4.54. The lowest BCUT2D eigenvalue weighted by Gasteiger charge is -2.03. The highest BCUT2D eigenvalue weighted by atomic mass is 16.1. The molecular weight excluding hydrogens is 174 g/mol. The Morgan fingerprint density at radius 1 is 1.29 bits per heavy atom. The molecule has 0 unspecified atom stereocenters. The molecule has 1 N–H and O–H groups in total. The number of aryl methyl sites for hydroxylation is 1. The number of amides is 1. The topological polar surface area (TPSA) is 29.1 Å². The molecule has 0 fully saturated rings. The maximum absolute atomic E-state index is 10.9. The van der Waals surface area contributed by atoms with E-state index in [9.17, 15) is 4.79 Å². The molecular formula is C12H19NO. The zero-order valence-electron chi connectivity index (χ0n) is 8.13. The average molecular weight is 193 g/mol. The van der Waals surface area contributed by atoms with E-state index >= 15 is 0 Å². The molecule has 78 valence electrons. The van der Waals surface area contributed by atoms with E-state index in [0.717, 1.165) is 5.56 Å². The minimum Gasteiger partial charge on any atom is -0.352 e. The largest absolute Gasteiger partial charge is 0.352 e. The first-order valence-electron chi connectivity index (χ1n) is 4.54. The van der Waals surface area contributed by atoms with Gasteiger partial charge in [0.15, 0.2) is 0 Å². The van der Waals surface area contributed by atoms with Crippen molar-refractivity contribution in [3.05, 3.63) is 35.4 Å². The smallest absolute Gasteiger partial charge is 0.219 e. The number of carbonyl (C=O) groups excluding carboxylic acids is 1. The van der Waals surface area contributed by atoms with Gasteiger partial charge >= 0.3 is 0 Å². The molecule has 0 aliphatic carbocycles. The Morgan fingerprint density at radius 3 is 2.36 bits per heavy atom. The zero-order chi connectivity index (χ0) is 9.68. The first-order chi connectivity index (χ1) is 6.22. The minimum absolute atomic E-state index is 0. The number of nitrogens with one attached hydrogen (secondary N) is 1. The normalized spacial score (nSPS) is 9.00. The van der Waals surface area contributed by atoms with Crippen molar-refractivity contribution in [1.29, 1.82) is 0 Å². The molecule has 0 saturated heterocycles. The van der Waals surface area contributed by atoms with Gasteiger partial charge in [0.25, 0.3) is 0 Å². The molecule has 0 saturated carbocycles. The third-order valence-corrected chi connectivity index (χ3v) is 1.93. The van der Waals surface area contributed by atoms with Crippen LogP contribution < -0.4 is 5.32 Å². The first kappa shape index (κ1) is 12.7. The minimum atomic E-state index is 0. The third kappa shape index (κ3) is 4.08. The molecule has 1 rings (SSSR count). The van der Waals surface area contributed by atoms with Crippen LogP contribution in [0.3, 0.4) is 0 Å². The van der Waals surface area contributed by atoms with Gasteiger partial charge < -0.3 is 5.32 Å². The van der Waals surface area contributed by atoms with E-state index in [-0.39, 0.29) is 13.3 Å². The second kappa shape index (κ2) is 6.19. The van der Waals surface area contributed by atoms with Crippen molar-refractivity contribution in [3.8, 4) is 0 Å². The Hall–Kier alpha value is -1.31. The maximum Gasteiger partial charge on any atom is 0.219 e. The van der Waals surface area contributed by atoms with E-state index in [1.807, 2.05) is 31.2 Å². The third-order valence-electron chi connectivity index (χ3n) is 1.93. The molecule has 14 heavy (non-hydrogen) atoms. The van der Waals surface area contributed by atoms with Gasteiger partial charge in [-0.05, 0) is 12.5 Å². The van der Waals surface area contributed by atoms with E-state index in [2.05, 4.69) is 12.2 Å². The van der Waals surface area contributed by atoms with Crippen molar-refractivity contribution in [2.75, 3.05) is 0 Å². The molecule has 0 spiro atoms. The molecule has 0 aliphatic heterocycles. The van der Waals surface area contributed by atoms with Crippen molar-refractivity contribution in [2.45, 2.75) is 34.2 Å². The number of benzene rings is 1. The Labute approximate surface area is 86.3 Å². The van der Waals surface area contributed by atoms with Gasteiger partial charge in [0.1, 0.15) is 0 Å². The lowest BCUT2D eigenvalue weighted by atomic mass is 10.1. The fourth-order valence-corrected chi connectivity index (χ4v) is 1.03. The van der Waals surface area contributed by atoms with E-state index in [4.69, 9.17) is 0 Å². The average Bonchev–Trinajstić information content (AvgIpc) is 2.16. The number of hydrogen-bond acceptors (Lipinski definition) is 1. The molecule has 0 heterocycles. The zero-order valence-corrected chi connectivity index (χ0v) is 8.13. The summed E-state index contributed by atoms with van der Waals surface area (Å²) in [4.78, 5) is 10.9. The maximum atomic E-state index is 10.9. The van der Waals surface area contributed by atoms with Crippen LogP contribution >= 0.6 is 0 Å². The molecule has 0 aromatic heterocycles. The second-order valence-electron chi connectivity index (χ2n) is 3.12. The Balaban J connectivity index is 0.00000169. The molecule has 1 aromatic carbocycles. The van der Waals surface area contributed by atoms with Crippen LogP contribution in [0, 0.1) is 6.92 Å². The van der Waals surface area contributed by atoms with E-state index in [0.29, 0.717) is 13.0 Å². The van der Waals surface area contributed by atoms with Gasteiger partial charge in [-0.2, -0.15) is 0 Å². The van der Waals surface area contributed by atoms with Gasteiger partial charge in [0.05, 0.1) is 0 Å². The van der Waals surface area contributed by atoms with Crippen LogP contribution in [0.25, 0.3) is 0 Å². The van der Waals surface area contributed by atoms with Crippen molar-refractivity contribution in [1.82, 2.24) is 5.32 Å². The highest BCUT2D eigenvalue weighted by Crippen LogP contribution is 2.02. The van der Waals surface area contributed by atoms with Crippen molar-refractivity contribution in [2.24, 2.45) is 0 Å². The Morgan fingerprint density at radius 2 is 1.86 bits per heavy atom. The molecule has 2 heteroatoms. The summed E-state index contributed by atoms with van der Waals surface area (Å²) in [6.45, 7) is 4.53. The second-order valence-corrected chi connectivity index (χ2v) is 3.12. The van der Waals surface area contributed by atoms with Crippen LogP contribution in [0.1, 0.15) is 31.9 Å². The predicted molar refractivity (Wildman–Crippen MR) is 60.0 cm³/mol. The number of carbonyl (C=O) groups is 1. The molecule has 1 amide bonds. The van der Waals surface area contributed by atoms with Crippen molar-refractivity contribution < 1.29 is 4.79 Å². The van der Waals surface area contributed by atoms with Crippen LogP contribution in [0.2, 0.25) is 0 Å². The molecule has 2 nitrogen and oxygen atoms in total. The van der Waals surface area contributed by atoms with Gasteiger partial charge in [0.2, 0.25) is 5.91 Å². The summed E-state index contributed by atoms with van der Waals surface area (Å²) in [5.41, 5.74) is 2.39. The fourth-order valence-electron chi connectivity index (χ4n) is 1.03. The molecule has 0 bridgehead atoms. The molecule has 0 radical (unpaired) electrons. The standard InChI is InChI=1S/C11H15NO.CH4/c1-3-11(13)12-8-10-6-4-9(2)5-7-10;/h4-7H,3,8H2,1-2H3,(H,12,13);1H4. The summed E-state index contributed by atoms with van der Waals surface area (Å²) in [6.07, 6.45) is 0.547. The SMILES string of the molecule is C.CCC(=O)NCc1ccc(C)cc1. The monoisotopic (exact) mass is 193 g/mol. The lowest BCUT2D eigenvalue weighted by molar-refractivity contribution is -0.120. The van der Waals surface area contributed by atoms with Gasteiger partial charge in [-0.3, -0.25) is 4.79 Å². The highest BCUT2D eigenvalue weighted by Gasteiger charge is 1.96.